The van der Waals surface area contributed by atoms with E-state index in [2.05, 4.69) is 66.7 Å². The molecule has 2 heteroatoms. The van der Waals surface area contributed by atoms with Gasteiger partial charge in [-0.2, -0.15) is 0 Å². The van der Waals surface area contributed by atoms with Crippen LogP contribution in [0.2, 0.25) is 0 Å². The van der Waals surface area contributed by atoms with Gasteiger partial charge in [0.1, 0.15) is 0 Å². The van der Waals surface area contributed by atoms with Crippen molar-refractivity contribution in [2.24, 2.45) is 0 Å². The number of fused-ring (bicyclic) bond motifs is 5. The third-order valence-electron chi connectivity index (χ3n) is 5.05. The summed E-state index contributed by atoms with van der Waals surface area (Å²) in [7, 11) is 2.08. The Bertz CT molecular complexity index is 677. The van der Waals surface area contributed by atoms with Crippen LogP contribution >= 0.6 is 0 Å². The number of rotatable bonds is 1. The Labute approximate surface area is 126 Å². The molecule has 0 bridgehead atoms. The lowest BCUT2D eigenvalue weighted by Crippen LogP contribution is -2.30. The minimum Gasteiger partial charge on any atom is -0.363 e. The molecular weight excluding hydrogens is 256 g/mol. The summed E-state index contributed by atoms with van der Waals surface area (Å²) in [5.41, 5.74) is 7.28. The maximum Gasteiger partial charge on any atom is 0.0561 e. The van der Waals surface area contributed by atoms with Gasteiger partial charge in [0.25, 0.3) is 0 Å². The molecule has 0 saturated carbocycles. The van der Waals surface area contributed by atoms with Crippen LogP contribution < -0.4 is 10.2 Å². The molecule has 4 rings (SSSR count). The van der Waals surface area contributed by atoms with E-state index in [0.29, 0.717) is 12.1 Å². The summed E-state index contributed by atoms with van der Waals surface area (Å²) in [5, 5.41) is 3.48. The van der Waals surface area contributed by atoms with Gasteiger partial charge in [-0.25, -0.2) is 0 Å². The fourth-order valence-corrected chi connectivity index (χ4v) is 3.94. The second kappa shape index (κ2) is 4.88. The van der Waals surface area contributed by atoms with Crippen LogP contribution in [-0.2, 0) is 6.42 Å². The smallest absolute Gasteiger partial charge is 0.0561 e. The van der Waals surface area contributed by atoms with Crippen LogP contribution in [0.4, 0.5) is 5.69 Å². The summed E-state index contributed by atoms with van der Waals surface area (Å²) in [4.78, 5) is 2.61. The standard InChI is InChI=1S/C19H22N2/c1-13-7-8-14-10-15-5-3-4-6-18(15)21-12-16(20-2)11-19(21)17(14)9-13/h3-9,16,19-20H,10-12H2,1-2H3. The van der Waals surface area contributed by atoms with E-state index in [4.69, 9.17) is 0 Å². The molecule has 1 fully saturated rings. The van der Waals surface area contributed by atoms with E-state index in [0.717, 1.165) is 13.0 Å². The molecule has 108 valence electrons. The molecule has 2 aliphatic rings. The first kappa shape index (κ1) is 12.9. The number of hydrogen-bond acceptors (Lipinski definition) is 2. The van der Waals surface area contributed by atoms with Gasteiger partial charge in [-0.05, 0) is 49.6 Å². The average molecular weight is 278 g/mol. The van der Waals surface area contributed by atoms with E-state index in [9.17, 15) is 0 Å². The topological polar surface area (TPSA) is 15.3 Å². The molecule has 0 radical (unpaired) electrons. The highest BCUT2D eigenvalue weighted by Crippen LogP contribution is 2.43. The van der Waals surface area contributed by atoms with Gasteiger partial charge in [-0.1, -0.05) is 42.0 Å². The third-order valence-corrected chi connectivity index (χ3v) is 5.05. The number of nitrogens with zero attached hydrogens (tertiary/aromatic N) is 1. The average Bonchev–Trinajstić information content (AvgIpc) is 2.89. The lowest BCUT2D eigenvalue weighted by molar-refractivity contribution is 0.590. The highest BCUT2D eigenvalue weighted by atomic mass is 15.2. The number of likely N-dealkylation sites (N-methyl/N-ethyl adjacent to an activating group) is 1. The van der Waals surface area contributed by atoms with Crippen LogP contribution in [0.1, 0.15) is 34.7 Å². The highest BCUT2D eigenvalue weighted by molar-refractivity contribution is 5.61. The second-order valence-corrected chi connectivity index (χ2v) is 6.40. The largest absolute Gasteiger partial charge is 0.363 e. The van der Waals surface area contributed by atoms with Gasteiger partial charge in [0.15, 0.2) is 0 Å². The zero-order valence-corrected chi connectivity index (χ0v) is 12.8. The summed E-state index contributed by atoms with van der Waals surface area (Å²) in [6.45, 7) is 3.30. The lowest BCUT2D eigenvalue weighted by Gasteiger charge is -2.27. The fourth-order valence-electron chi connectivity index (χ4n) is 3.94. The van der Waals surface area contributed by atoms with Gasteiger partial charge in [0.05, 0.1) is 6.04 Å². The summed E-state index contributed by atoms with van der Waals surface area (Å²) in [6, 6.07) is 17.0. The number of nitrogens with one attached hydrogen (secondary N) is 1. The second-order valence-electron chi connectivity index (χ2n) is 6.40. The van der Waals surface area contributed by atoms with Crippen molar-refractivity contribution in [1.82, 2.24) is 5.32 Å². The molecular formula is C19H22N2. The first-order valence-electron chi connectivity index (χ1n) is 7.87. The molecule has 0 spiro atoms. The van der Waals surface area contributed by atoms with E-state index in [1.165, 1.54) is 34.4 Å². The normalized spacial score (nSPS) is 23.2. The SMILES string of the molecule is CNC1CC2c3cc(C)ccc3Cc3ccccc3N2C1. The molecule has 2 aliphatic heterocycles. The number of anilines is 1. The highest BCUT2D eigenvalue weighted by Gasteiger charge is 2.36. The van der Waals surface area contributed by atoms with Crippen molar-refractivity contribution >= 4 is 5.69 Å². The summed E-state index contributed by atoms with van der Waals surface area (Å²) in [6.07, 6.45) is 2.25. The van der Waals surface area contributed by atoms with Crippen molar-refractivity contribution in [3.05, 3.63) is 64.7 Å². The van der Waals surface area contributed by atoms with E-state index in [1.54, 1.807) is 0 Å². The predicted octanol–water partition coefficient (Wildman–Crippen LogP) is 3.44. The van der Waals surface area contributed by atoms with Crippen molar-refractivity contribution in [2.45, 2.75) is 31.8 Å². The Hall–Kier alpha value is -1.80. The van der Waals surface area contributed by atoms with Crippen molar-refractivity contribution < 1.29 is 0 Å². The number of benzene rings is 2. The molecule has 2 heterocycles. The van der Waals surface area contributed by atoms with E-state index in [1.807, 2.05) is 0 Å². The van der Waals surface area contributed by atoms with E-state index >= 15 is 0 Å². The van der Waals surface area contributed by atoms with Gasteiger partial charge in [0.2, 0.25) is 0 Å². The van der Waals surface area contributed by atoms with Gasteiger partial charge < -0.3 is 10.2 Å². The molecule has 1 N–H and O–H groups in total. The van der Waals surface area contributed by atoms with E-state index in [-0.39, 0.29) is 0 Å². The minimum absolute atomic E-state index is 0.515. The molecule has 1 saturated heterocycles. The summed E-state index contributed by atoms with van der Waals surface area (Å²) >= 11 is 0. The number of hydrogen-bond donors (Lipinski definition) is 1. The zero-order valence-electron chi connectivity index (χ0n) is 12.8. The quantitative estimate of drug-likeness (QED) is 0.859. The molecule has 2 aromatic carbocycles. The zero-order chi connectivity index (χ0) is 14.4. The van der Waals surface area contributed by atoms with Crippen LogP contribution in [0, 0.1) is 6.92 Å². The molecule has 2 nitrogen and oxygen atoms in total. The van der Waals surface area contributed by atoms with Crippen LogP contribution in [-0.4, -0.2) is 19.6 Å². The van der Waals surface area contributed by atoms with Crippen molar-refractivity contribution in [3.63, 3.8) is 0 Å². The van der Waals surface area contributed by atoms with E-state index < -0.39 is 0 Å². The number of para-hydroxylation sites is 1. The maximum atomic E-state index is 3.48. The Morgan fingerprint density at radius 3 is 2.81 bits per heavy atom. The minimum atomic E-state index is 0.515. The van der Waals surface area contributed by atoms with Crippen LogP contribution in [0.3, 0.4) is 0 Å². The van der Waals surface area contributed by atoms with Crippen molar-refractivity contribution in [3.8, 4) is 0 Å². The maximum absolute atomic E-state index is 3.48. The molecule has 2 unspecified atom stereocenters. The fraction of sp³-hybridized carbons (Fsp3) is 0.368. The summed E-state index contributed by atoms with van der Waals surface area (Å²) < 4.78 is 0. The van der Waals surface area contributed by atoms with Gasteiger partial charge in [0, 0.05) is 18.3 Å². The first-order valence-corrected chi connectivity index (χ1v) is 7.87. The van der Waals surface area contributed by atoms with Crippen LogP contribution in [0.25, 0.3) is 0 Å². The Balaban J connectivity index is 1.90. The predicted molar refractivity (Wildman–Crippen MR) is 88.0 cm³/mol. The molecule has 0 amide bonds. The van der Waals surface area contributed by atoms with Crippen LogP contribution in [0.15, 0.2) is 42.5 Å². The van der Waals surface area contributed by atoms with Crippen LogP contribution in [0.5, 0.6) is 0 Å². The van der Waals surface area contributed by atoms with Gasteiger partial charge >= 0.3 is 0 Å². The Kier molecular flexibility index (Phi) is 3.00. The van der Waals surface area contributed by atoms with Gasteiger partial charge in [-0.15, -0.1) is 0 Å². The monoisotopic (exact) mass is 278 g/mol. The van der Waals surface area contributed by atoms with Gasteiger partial charge in [-0.3, -0.25) is 0 Å². The molecule has 0 aliphatic carbocycles. The molecule has 2 aromatic rings. The third kappa shape index (κ3) is 2.06. The molecule has 0 aromatic heterocycles. The first-order chi connectivity index (χ1) is 10.3. The number of aryl methyl sites for hydroxylation is 1. The van der Waals surface area contributed by atoms with Crippen molar-refractivity contribution in [1.29, 1.82) is 0 Å². The Morgan fingerprint density at radius 1 is 1.10 bits per heavy atom. The lowest BCUT2D eigenvalue weighted by atomic mass is 9.94. The Morgan fingerprint density at radius 2 is 1.95 bits per heavy atom. The molecule has 21 heavy (non-hydrogen) atoms. The molecule has 2 atom stereocenters. The summed E-state index contributed by atoms with van der Waals surface area (Å²) in [5.74, 6) is 0. The van der Waals surface area contributed by atoms with Crippen molar-refractivity contribution in [2.75, 3.05) is 18.5 Å².